The number of H-pyrrole nitrogens is 1. The number of ether oxygens (including phenoxy) is 3. The number of halogens is 3. The Kier molecular flexibility index (Phi) is 11.6. The van der Waals surface area contributed by atoms with Crippen molar-refractivity contribution in [1.82, 2.24) is 29.1 Å². The van der Waals surface area contributed by atoms with Crippen LogP contribution in [0.5, 0.6) is 5.75 Å². The maximum Gasteiger partial charge on any atom is 0.472 e. The smallest absolute Gasteiger partial charge is 0.423 e. The Balaban J connectivity index is 1.08. The van der Waals surface area contributed by atoms with Crippen LogP contribution < -0.4 is 21.7 Å². The van der Waals surface area contributed by atoms with E-state index in [9.17, 15) is 28.4 Å². The first kappa shape index (κ1) is 41.4. The molecule has 59 heavy (non-hydrogen) atoms. The zero-order chi connectivity index (χ0) is 41.6. The van der Waals surface area contributed by atoms with Crippen LogP contribution in [0.3, 0.4) is 0 Å². The summed E-state index contributed by atoms with van der Waals surface area (Å²) in [7, 11) is -5.28. The summed E-state index contributed by atoms with van der Waals surface area (Å²) in [4.78, 5) is 61.9. The average molecular weight is 900 g/mol. The van der Waals surface area contributed by atoms with E-state index < -0.39 is 94.3 Å². The first-order valence-electron chi connectivity index (χ1n) is 17.3. The molecule has 0 amide bonds. The molecular formula is C33H30ClF2N7O13P2S. The van der Waals surface area contributed by atoms with Crippen LogP contribution in [0.1, 0.15) is 28.4 Å². The number of phosphoric acid groups is 1. The van der Waals surface area contributed by atoms with Crippen molar-refractivity contribution in [2.24, 2.45) is 0 Å². The van der Waals surface area contributed by atoms with Gasteiger partial charge in [-0.2, -0.15) is 0 Å². The van der Waals surface area contributed by atoms with E-state index in [4.69, 9.17) is 49.6 Å². The highest BCUT2D eigenvalue weighted by Gasteiger charge is 2.55. The van der Waals surface area contributed by atoms with Gasteiger partial charge in [-0.05, 0) is 53.3 Å². The maximum absolute atomic E-state index is 16.4. The van der Waals surface area contributed by atoms with E-state index in [0.29, 0.717) is 26.5 Å². The van der Waals surface area contributed by atoms with E-state index in [-0.39, 0.29) is 34.0 Å². The minimum atomic E-state index is -5.28. The summed E-state index contributed by atoms with van der Waals surface area (Å²) in [5, 5.41) is 0.436. The summed E-state index contributed by atoms with van der Waals surface area (Å²) < 4.78 is 102. The molecule has 2 unspecified atom stereocenters. The fourth-order valence-electron chi connectivity index (χ4n) is 6.35. The molecule has 8 rings (SSSR count). The Hall–Kier alpha value is -4.38. The lowest BCUT2D eigenvalue weighted by Gasteiger charge is -2.27. The Morgan fingerprint density at radius 1 is 0.932 bits per heavy atom. The van der Waals surface area contributed by atoms with E-state index in [0.717, 1.165) is 18.6 Å². The molecule has 312 valence electrons. The molecule has 0 aliphatic carbocycles. The van der Waals surface area contributed by atoms with Gasteiger partial charge in [0.2, 0.25) is 0 Å². The van der Waals surface area contributed by atoms with Crippen LogP contribution in [0.25, 0.3) is 11.2 Å². The molecule has 2 aromatic carbocycles. The Morgan fingerprint density at radius 2 is 1.66 bits per heavy atom. The van der Waals surface area contributed by atoms with Crippen molar-refractivity contribution in [3.05, 3.63) is 110 Å². The fourth-order valence-corrected chi connectivity index (χ4v) is 10.8. The number of carbonyl (C=O) groups is 1. The number of imidazole rings is 1. The lowest BCUT2D eigenvalue weighted by molar-refractivity contribution is -0.0640. The molecule has 4 N–H and O–H groups in total. The first-order valence-corrected chi connectivity index (χ1v) is 22.3. The topological polar surface area (TPSA) is 261 Å². The van der Waals surface area contributed by atoms with Gasteiger partial charge < -0.3 is 24.8 Å². The molecule has 3 fully saturated rings. The van der Waals surface area contributed by atoms with Gasteiger partial charge in [0.15, 0.2) is 36.3 Å². The van der Waals surface area contributed by atoms with E-state index in [1.165, 1.54) is 47.3 Å². The van der Waals surface area contributed by atoms with Crippen LogP contribution in [0.2, 0.25) is 5.02 Å². The lowest BCUT2D eigenvalue weighted by atomic mass is 10.1. The molecule has 3 aromatic heterocycles. The normalized spacial score (nSPS) is 31.2. The summed E-state index contributed by atoms with van der Waals surface area (Å²) in [6.45, 7) is -6.48. The van der Waals surface area contributed by atoms with Crippen LogP contribution in [0.15, 0.2) is 83.0 Å². The Labute approximate surface area is 338 Å². The zero-order valence-electron chi connectivity index (χ0n) is 29.8. The monoisotopic (exact) mass is 899 g/mol. The van der Waals surface area contributed by atoms with Crippen molar-refractivity contribution < 1.29 is 59.9 Å². The molecular weight excluding hydrogens is 870 g/mol. The SMILES string of the molecule is Nc1ncnc2c1ncn2[C@@H]1O[C@@H]2COP(=O)(SCc3ccc(OC(=O)c4ccc(Cl)cc4)cc3)O[C@H]3[C@@H](F)[C@H](n4ccc(=O)[nH]c4=O)O[C@@H]3COP(=O)(O)O[C@@H]1[C@@H]2F. The highest BCUT2D eigenvalue weighted by molar-refractivity contribution is 8.54. The maximum atomic E-state index is 16.4. The van der Waals surface area contributed by atoms with E-state index in [1.807, 2.05) is 4.98 Å². The molecule has 3 aliphatic rings. The summed E-state index contributed by atoms with van der Waals surface area (Å²) in [5.41, 5.74) is 4.95. The number of phosphoric ester groups is 1. The summed E-state index contributed by atoms with van der Waals surface area (Å²) in [6, 6.07) is 13.0. The van der Waals surface area contributed by atoms with Crippen molar-refractivity contribution >= 4 is 60.6 Å². The fraction of sp³-hybridized carbons (Fsp3) is 0.333. The summed E-state index contributed by atoms with van der Waals surface area (Å²) in [6.07, 6.45) is -11.9. The minimum absolute atomic E-state index is 0.0254. The van der Waals surface area contributed by atoms with Crippen LogP contribution in [-0.2, 0) is 42.5 Å². The third-order valence-electron chi connectivity index (χ3n) is 9.23. The number of fused-ring (bicyclic) bond motifs is 4. The van der Waals surface area contributed by atoms with Gasteiger partial charge in [-0.15, -0.1) is 0 Å². The second kappa shape index (κ2) is 16.6. The Morgan fingerprint density at radius 3 is 2.41 bits per heavy atom. The van der Waals surface area contributed by atoms with Crippen molar-refractivity contribution in [2.45, 2.75) is 55.0 Å². The van der Waals surface area contributed by atoms with Gasteiger partial charge >= 0.3 is 26.3 Å². The second-order valence-electron chi connectivity index (χ2n) is 13.1. The van der Waals surface area contributed by atoms with Gasteiger partial charge in [-0.25, -0.2) is 42.5 Å². The number of hydrogen-bond acceptors (Lipinski definition) is 17. The molecule has 0 radical (unpaired) electrons. The number of rotatable bonds is 7. The predicted octanol–water partition coefficient (Wildman–Crippen LogP) is 4.26. The number of nitrogens with one attached hydrogen (secondary N) is 1. The highest BCUT2D eigenvalue weighted by atomic mass is 35.5. The zero-order valence-corrected chi connectivity index (χ0v) is 33.1. The van der Waals surface area contributed by atoms with Crippen LogP contribution in [-0.4, -0.2) is 89.9 Å². The average Bonchev–Trinajstić information content (AvgIpc) is 3.86. The molecule has 26 heteroatoms. The summed E-state index contributed by atoms with van der Waals surface area (Å²) >= 11 is 6.46. The van der Waals surface area contributed by atoms with Crippen LogP contribution >= 0.6 is 37.6 Å². The van der Waals surface area contributed by atoms with Crippen molar-refractivity contribution in [3.63, 3.8) is 0 Å². The lowest BCUT2D eigenvalue weighted by Crippen LogP contribution is -2.36. The van der Waals surface area contributed by atoms with Gasteiger partial charge in [0.1, 0.15) is 42.0 Å². The van der Waals surface area contributed by atoms with E-state index in [2.05, 4.69) is 15.0 Å². The number of benzene rings is 2. The van der Waals surface area contributed by atoms with Crippen LogP contribution in [0.4, 0.5) is 14.6 Å². The number of alkyl halides is 2. The van der Waals surface area contributed by atoms with Crippen molar-refractivity contribution in [2.75, 3.05) is 18.9 Å². The quantitative estimate of drug-likeness (QED) is 0.117. The number of carbonyl (C=O) groups excluding carboxylic acids is 1. The number of anilines is 1. The van der Waals surface area contributed by atoms with E-state index in [1.54, 1.807) is 12.1 Å². The molecule has 6 heterocycles. The Bertz CT molecular complexity index is 2590. The van der Waals surface area contributed by atoms with Gasteiger partial charge in [0, 0.05) is 23.0 Å². The number of aromatic amines is 1. The predicted molar refractivity (Wildman–Crippen MR) is 202 cm³/mol. The van der Waals surface area contributed by atoms with E-state index >= 15 is 8.78 Å². The molecule has 2 bridgehead atoms. The molecule has 3 aliphatic heterocycles. The third kappa shape index (κ3) is 8.77. The molecule has 0 saturated carbocycles. The largest absolute Gasteiger partial charge is 0.472 e. The highest BCUT2D eigenvalue weighted by Crippen LogP contribution is 2.64. The molecule has 5 aromatic rings. The van der Waals surface area contributed by atoms with Gasteiger partial charge in [0.25, 0.3) is 5.56 Å². The number of aromatic nitrogens is 6. The third-order valence-corrected chi connectivity index (χ3v) is 14.1. The molecule has 10 atom stereocenters. The minimum Gasteiger partial charge on any atom is -0.423 e. The van der Waals surface area contributed by atoms with Gasteiger partial charge in [0.05, 0.1) is 25.1 Å². The first-order chi connectivity index (χ1) is 28.2. The van der Waals surface area contributed by atoms with Crippen molar-refractivity contribution in [1.29, 1.82) is 0 Å². The standard InChI is InChI=1S/C33H30ClF2N7O13P2S/c34-18-5-3-17(4-6-18)32(45)52-19-7-1-16(2-8-19)13-59-58(49)51-11-20-23(35)27(31(53-20)43-15-40-25-28(37)38-14-39-29(25)43)55-57(47,48)50-12-21-26(56-58)24(36)30(54-21)42-10-9-22(44)41-33(42)46/h1-10,14-15,20-21,23-24,26-27,30-31H,11-13H2,(H,47,48)(H2,37,38,39)(H,41,44,46)/t20-,21-,23-,24-,26-,27-,30-,31-,58?/m1/s1. The number of esters is 1. The number of nitrogens with two attached hydrogens (primary N) is 1. The van der Waals surface area contributed by atoms with Crippen LogP contribution in [0, 0.1) is 0 Å². The van der Waals surface area contributed by atoms with Gasteiger partial charge in [-0.1, -0.05) is 23.7 Å². The molecule has 3 saturated heterocycles. The van der Waals surface area contributed by atoms with Crippen molar-refractivity contribution in [3.8, 4) is 5.75 Å². The second-order valence-corrected chi connectivity index (χ2v) is 18.9. The summed E-state index contributed by atoms with van der Waals surface area (Å²) in [5.74, 6) is -0.632. The number of hydrogen-bond donors (Lipinski definition) is 3. The number of nitrogen functional groups attached to an aromatic ring is 1. The molecule has 20 nitrogen and oxygen atoms in total. The van der Waals surface area contributed by atoms with Gasteiger partial charge in [-0.3, -0.25) is 37.0 Å². The molecule has 0 spiro atoms. The number of nitrogens with zero attached hydrogens (tertiary/aromatic N) is 5.